The summed E-state index contributed by atoms with van der Waals surface area (Å²) in [5, 5.41) is 2.74. The van der Waals surface area contributed by atoms with E-state index >= 15 is 0 Å². The lowest BCUT2D eigenvalue weighted by Gasteiger charge is -2.12. The van der Waals surface area contributed by atoms with E-state index in [0.29, 0.717) is 16.9 Å². The number of aromatic nitrogens is 1. The Morgan fingerprint density at radius 2 is 2.03 bits per heavy atom. The van der Waals surface area contributed by atoms with E-state index in [-0.39, 0.29) is 17.9 Å². The summed E-state index contributed by atoms with van der Waals surface area (Å²) < 4.78 is 6.15. The Morgan fingerprint density at radius 1 is 1.30 bits per heavy atom. The van der Waals surface area contributed by atoms with Crippen LogP contribution in [-0.4, -0.2) is 16.2 Å². The van der Waals surface area contributed by atoms with Crippen LogP contribution in [0.4, 0.5) is 5.69 Å². The maximum Gasteiger partial charge on any atom is 0.261 e. The van der Waals surface area contributed by atoms with Gasteiger partial charge in [0.2, 0.25) is 0 Å². The Kier molecular flexibility index (Phi) is 5.95. The number of carbonyl (C=O) groups excluding carboxylic acids is 1. The van der Waals surface area contributed by atoms with Crippen molar-refractivity contribution in [1.29, 1.82) is 0 Å². The van der Waals surface area contributed by atoms with Crippen LogP contribution in [0.5, 0.6) is 0 Å². The summed E-state index contributed by atoms with van der Waals surface area (Å²) in [5.74, 6) is -0.217. The minimum atomic E-state index is -0.306. The second kappa shape index (κ2) is 8.49. The highest BCUT2D eigenvalue weighted by molar-refractivity contribution is 9.11. The molecule has 0 bridgehead atoms. The van der Waals surface area contributed by atoms with Crippen LogP contribution >= 0.6 is 43.4 Å². The van der Waals surface area contributed by atoms with Crippen LogP contribution < -0.4 is 16.8 Å². The Labute approximate surface area is 195 Å². The quantitative estimate of drug-likeness (QED) is 0.244. The van der Waals surface area contributed by atoms with Crippen LogP contribution in [0.3, 0.4) is 0 Å². The van der Waals surface area contributed by atoms with Crippen molar-refractivity contribution < 1.29 is 4.79 Å². The van der Waals surface area contributed by atoms with Gasteiger partial charge in [-0.15, -0.1) is 0 Å². The lowest BCUT2D eigenvalue weighted by Crippen LogP contribution is -2.37. The fourth-order valence-electron chi connectivity index (χ4n) is 3.63. The molecular formula is C21H19Br2N5OS. The molecule has 6 nitrogen and oxygen atoms in total. The van der Waals surface area contributed by atoms with Crippen LogP contribution in [0.2, 0.25) is 0 Å². The van der Waals surface area contributed by atoms with Crippen molar-refractivity contribution in [2.75, 3.05) is 5.73 Å². The van der Waals surface area contributed by atoms with E-state index in [1.807, 2.05) is 43.3 Å². The number of rotatable bonds is 3. The summed E-state index contributed by atoms with van der Waals surface area (Å²) in [7, 11) is 0. The molecule has 1 aromatic heterocycles. The Hall–Kier alpha value is -2.23. The van der Waals surface area contributed by atoms with Crippen molar-refractivity contribution in [3.05, 3.63) is 66.9 Å². The number of nitrogens with one attached hydrogen (secondary N) is 1. The van der Waals surface area contributed by atoms with Gasteiger partial charge in [-0.05, 0) is 80.4 Å². The van der Waals surface area contributed by atoms with Crippen molar-refractivity contribution in [2.45, 2.75) is 25.8 Å². The molecule has 2 aromatic carbocycles. The van der Waals surface area contributed by atoms with Gasteiger partial charge in [0.15, 0.2) is 5.96 Å². The number of nitrogens with two attached hydrogens (primary N) is 2. The molecule has 1 atom stereocenters. The molecule has 9 heteroatoms. The first-order valence-corrected chi connectivity index (χ1v) is 11.6. The second-order valence-electron chi connectivity index (χ2n) is 7.01. The third kappa shape index (κ3) is 3.89. The Balaban J connectivity index is 1.58. The summed E-state index contributed by atoms with van der Waals surface area (Å²) in [6.07, 6.45) is 1.64. The second-order valence-corrected chi connectivity index (χ2v) is 9.63. The molecule has 1 aliphatic rings. The molecule has 0 fully saturated rings. The number of amides is 1. The number of carbonyl (C=O) groups is 1. The average Bonchev–Trinajstić information content (AvgIpc) is 3.30. The number of fused-ring (bicyclic) bond motifs is 1. The van der Waals surface area contributed by atoms with Crippen molar-refractivity contribution >= 4 is 60.9 Å². The first kappa shape index (κ1) is 21.0. The van der Waals surface area contributed by atoms with E-state index < -0.39 is 0 Å². The lowest BCUT2D eigenvalue weighted by atomic mass is 10.1. The number of aliphatic imine (C=N–C) groups is 1. The van der Waals surface area contributed by atoms with Crippen molar-refractivity contribution in [1.82, 2.24) is 9.69 Å². The summed E-state index contributed by atoms with van der Waals surface area (Å²) in [4.78, 5) is 18.4. The number of benzene rings is 2. The summed E-state index contributed by atoms with van der Waals surface area (Å²) in [6, 6.07) is 11.5. The summed E-state index contributed by atoms with van der Waals surface area (Å²) >= 11 is 8.35. The zero-order valence-electron chi connectivity index (χ0n) is 16.1. The van der Waals surface area contributed by atoms with Crippen molar-refractivity contribution in [3.8, 4) is 11.3 Å². The van der Waals surface area contributed by atoms with Gasteiger partial charge in [0, 0.05) is 19.4 Å². The molecule has 1 unspecified atom stereocenters. The van der Waals surface area contributed by atoms with Gasteiger partial charge in [-0.1, -0.05) is 30.3 Å². The van der Waals surface area contributed by atoms with E-state index in [2.05, 4.69) is 46.5 Å². The molecule has 0 saturated heterocycles. The average molecular weight is 549 g/mol. The molecule has 1 amide bonds. The zero-order chi connectivity index (χ0) is 21.4. The smallest absolute Gasteiger partial charge is 0.261 e. The molecular weight excluding hydrogens is 530 g/mol. The first-order valence-electron chi connectivity index (χ1n) is 9.29. The lowest BCUT2D eigenvalue weighted by molar-refractivity contribution is 0.0977. The highest BCUT2D eigenvalue weighted by Gasteiger charge is 2.27. The fourth-order valence-corrected chi connectivity index (χ4v) is 5.69. The van der Waals surface area contributed by atoms with Gasteiger partial charge in [-0.2, -0.15) is 4.37 Å². The van der Waals surface area contributed by atoms with Crippen LogP contribution in [0, 0.1) is 6.92 Å². The minimum absolute atomic E-state index is 0.0894. The standard InChI is InChI=1S/C21H19Br2N5OS/c1-10-16(19(28-30-10)11-5-3-2-4-6-11)20(29)27-21(25)26-15-8-7-12-13(15)9-14(22)18(24)17(12)23/h2-6,9,15H,7-8,24H2,1H3,(H3,25,26,27,29). The molecule has 3 aromatic rings. The molecule has 5 N–H and O–H groups in total. The normalized spacial score (nSPS) is 15.8. The van der Waals surface area contributed by atoms with E-state index in [1.165, 1.54) is 11.5 Å². The van der Waals surface area contributed by atoms with Gasteiger partial charge in [-0.25, -0.2) is 4.99 Å². The molecule has 0 radical (unpaired) electrons. The SMILES string of the molecule is Cc1snc(-c2ccccc2)c1C(=O)NC(N)=NC1CCc2c1cc(Br)c(N)c2Br. The molecule has 0 aliphatic heterocycles. The Morgan fingerprint density at radius 3 is 2.77 bits per heavy atom. The van der Waals surface area contributed by atoms with Crippen LogP contribution in [0.1, 0.15) is 38.8 Å². The molecule has 0 spiro atoms. The van der Waals surface area contributed by atoms with Crippen LogP contribution in [-0.2, 0) is 6.42 Å². The third-order valence-corrected chi connectivity index (χ3v) is 7.40. The van der Waals surface area contributed by atoms with E-state index in [9.17, 15) is 4.79 Å². The highest BCUT2D eigenvalue weighted by atomic mass is 79.9. The van der Waals surface area contributed by atoms with Crippen molar-refractivity contribution in [2.24, 2.45) is 10.7 Å². The number of aryl methyl sites for hydroxylation is 1. The van der Waals surface area contributed by atoms with Crippen molar-refractivity contribution in [3.63, 3.8) is 0 Å². The maximum absolute atomic E-state index is 13.0. The molecule has 0 saturated carbocycles. The minimum Gasteiger partial charge on any atom is -0.397 e. The predicted octanol–water partition coefficient (Wildman–Crippen LogP) is 4.96. The van der Waals surface area contributed by atoms with Crippen LogP contribution in [0.15, 0.2) is 50.3 Å². The number of nitrogen functional groups attached to an aromatic ring is 1. The first-order chi connectivity index (χ1) is 14.4. The van der Waals surface area contributed by atoms with Gasteiger partial charge >= 0.3 is 0 Å². The Bertz CT molecular complexity index is 1160. The fraction of sp³-hybridized carbons (Fsp3) is 0.190. The maximum atomic E-state index is 13.0. The predicted molar refractivity (Wildman–Crippen MR) is 129 cm³/mol. The molecule has 30 heavy (non-hydrogen) atoms. The van der Waals surface area contributed by atoms with E-state index in [4.69, 9.17) is 11.5 Å². The van der Waals surface area contributed by atoms with Gasteiger partial charge in [0.1, 0.15) is 0 Å². The molecule has 1 heterocycles. The molecule has 4 rings (SSSR count). The van der Waals surface area contributed by atoms with Gasteiger partial charge in [0.05, 0.1) is 23.0 Å². The third-order valence-electron chi connectivity index (χ3n) is 5.09. The largest absolute Gasteiger partial charge is 0.397 e. The summed E-state index contributed by atoms with van der Waals surface area (Å²) in [6.45, 7) is 1.87. The van der Waals surface area contributed by atoms with Crippen LogP contribution in [0.25, 0.3) is 11.3 Å². The number of anilines is 1. The number of hydrogen-bond donors (Lipinski definition) is 3. The zero-order valence-corrected chi connectivity index (χ0v) is 20.1. The molecule has 154 valence electrons. The van der Waals surface area contributed by atoms with E-state index in [1.54, 1.807) is 0 Å². The number of halogens is 2. The topological polar surface area (TPSA) is 106 Å². The monoisotopic (exact) mass is 547 g/mol. The molecule has 1 aliphatic carbocycles. The van der Waals surface area contributed by atoms with E-state index in [0.717, 1.165) is 43.4 Å². The van der Waals surface area contributed by atoms with Gasteiger partial charge in [-0.3, -0.25) is 10.1 Å². The number of guanidine groups is 1. The number of nitrogens with zero attached hydrogens (tertiary/aromatic N) is 2. The number of hydrogen-bond acceptors (Lipinski definition) is 5. The summed E-state index contributed by atoms with van der Waals surface area (Å²) in [5.41, 5.74) is 17.1. The highest BCUT2D eigenvalue weighted by Crippen LogP contribution is 2.43. The van der Waals surface area contributed by atoms with Gasteiger partial charge < -0.3 is 11.5 Å². The van der Waals surface area contributed by atoms with Gasteiger partial charge in [0.25, 0.3) is 5.91 Å².